The van der Waals surface area contributed by atoms with E-state index in [2.05, 4.69) is 11.8 Å². The topological polar surface area (TPSA) is 74.7 Å². The highest BCUT2D eigenvalue weighted by atomic mass is 32.2. The molecule has 0 aromatic rings. The molecular formula is C26H35NO4S2. The van der Waals surface area contributed by atoms with Crippen molar-refractivity contribution in [3.05, 3.63) is 11.6 Å². The Kier molecular flexibility index (Phi) is 5.93. The van der Waals surface area contributed by atoms with E-state index in [0.29, 0.717) is 12.8 Å². The van der Waals surface area contributed by atoms with E-state index >= 15 is 0 Å². The molecule has 33 heavy (non-hydrogen) atoms. The van der Waals surface area contributed by atoms with Crippen LogP contribution in [-0.2, 0) is 14.4 Å². The van der Waals surface area contributed by atoms with Crippen molar-refractivity contribution in [3.8, 4) is 0 Å². The molecule has 5 rings (SSSR count). The molecule has 1 N–H and O–H groups in total. The summed E-state index contributed by atoms with van der Waals surface area (Å²) in [6.07, 6.45) is 8.48. The summed E-state index contributed by atoms with van der Waals surface area (Å²) in [5.74, 6) is 0.582. The summed E-state index contributed by atoms with van der Waals surface area (Å²) in [5.41, 5.74) is -1.29. The lowest BCUT2D eigenvalue weighted by Crippen LogP contribution is -2.60. The highest BCUT2D eigenvalue weighted by Crippen LogP contribution is 2.66. The molecule has 1 aliphatic heterocycles. The number of thiocarbonyl (C=S) groups is 1. The summed E-state index contributed by atoms with van der Waals surface area (Å²) in [7, 11) is 0. The first-order valence-corrected chi connectivity index (χ1v) is 13.9. The van der Waals surface area contributed by atoms with Gasteiger partial charge in [-0.3, -0.25) is 14.4 Å². The van der Waals surface area contributed by atoms with Crippen LogP contribution in [0.25, 0.3) is 0 Å². The molecule has 0 spiro atoms. The van der Waals surface area contributed by atoms with Crippen LogP contribution >= 0.6 is 24.0 Å². The number of nitrogens with zero attached hydrogens (tertiary/aromatic N) is 1. The van der Waals surface area contributed by atoms with Crippen molar-refractivity contribution in [1.29, 1.82) is 0 Å². The zero-order valence-corrected chi connectivity index (χ0v) is 21.4. The number of allylic oxidation sites excluding steroid dienone is 1. The van der Waals surface area contributed by atoms with Gasteiger partial charge in [-0.1, -0.05) is 43.4 Å². The molecule has 6 atom stereocenters. The number of carbonyl (C=O) groups is 3. The Hall–Kier alpha value is -1.05. The average molecular weight is 490 g/mol. The van der Waals surface area contributed by atoms with Crippen molar-refractivity contribution < 1.29 is 19.5 Å². The van der Waals surface area contributed by atoms with Gasteiger partial charge in [0, 0.05) is 37.3 Å². The van der Waals surface area contributed by atoms with Crippen LogP contribution in [-0.4, -0.2) is 56.1 Å². The Balaban J connectivity index is 1.36. The first kappa shape index (κ1) is 23.7. The summed E-state index contributed by atoms with van der Waals surface area (Å²) in [6.45, 7) is 6.05. The van der Waals surface area contributed by atoms with Crippen molar-refractivity contribution in [3.63, 3.8) is 0 Å². The number of rotatable bonds is 3. The summed E-state index contributed by atoms with van der Waals surface area (Å²) >= 11 is 6.89. The molecule has 3 saturated carbocycles. The highest BCUT2D eigenvalue weighted by Gasteiger charge is 2.68. The van der Waals surface area contributed by atoms with E-state index < -0.39 is 11.0 Å². The minimum absolute atomic E-state index is 0.0988. The molecule has 1 saturated heterocycles. The van der Waals surface area contributed by atoms with Crippen molar-refractivity contribution in [1.82, 2.24) is 4.90 Å². The fraction of sp³-hybridized carbons (Fsp3) is 0.769. The first-order chi connectivity index (χ1) is 15.6. The molecule has 180 valence electrons. The first-order valence-electron chi connectivity index (χ1n) is 12.5. The van der Waals surface area contributed by atoms with E-state index in [1.54, 1.807) is 6.08 Å². The number of likely N-dealkylation sites (tertiary alicyclic amines) is 1. The molecule has 4 aliphatic carbocycles. The molecule has 5 nitrogen and oxygen atoms in total. The quantitative estimate of drug-likeness (QED) is 0.598. The van der Waals surface area contributed by atoms with Crippen LogP contribution in [0.1, 0.15) is 71.6 Å². The SMILES string of the molecule is C[C@]12CCC(=O)C=C1CC[C@H]1[C@H]3CC[C@](O)(C(=O)CSC(=S)N4CCCC4)[C@@]3(C)CC(=O)[C@@H]12. The molecule has 0 radical (unpaired) electrons. The van der Waals surface area contributed by atoms with Gasteiger partial charge in [0.25, 0.3) is 0 Å². The predicted octanol–water partition coefficient (Wildman–Crippen LogP) is 4.11. The molecule has 7 heteroatoms. The third kappa shape index (κ3) is 3.51. The van der Waals surface area contributed by atoms with Gasteiger partial charge in [-0.25, -0.2) is 0 Å². The summed E-state index contributed by atoms with van der Waals surface area (Å²) in [4.78, 5) is 41.3. The molecular weight excluding hydrogens is 454 g/mol. The lowest BCUT2D eigenvalue weighted by atomic mass is 9.46. The minimum Gasteiger partial charge on any atom is -0.381 e. The van der Waals surface area contributed by atoms with Gasteiger partial charge in [-0.2, -0.15) is 0 Å². The van der Waals surface area contributed by atoms with Crippen LogP contribution < -0.4 is 0 Å². The normalized spacial score (nSPS) is 42.5. The van der Waals surface area contributed by atoms with Crippen LogP contribution in [0.15, 0.2) is 11.6 Å². The number of hydrogen-bond acceptors (Lipinski definition) is 6. The number of fused-ring (bicyclic) bond motifs is 5. The molecule has 0 aromatic carbocycles. The molecule has 0 amide bonds. The highest BCUT2D eigenvalue weighted by molar-refractivity contribution is 8.23. The smallest absolute Gasteiger partial charge is 0.175 e. The Morgan fingerprint density at radius 3 is 2.64 bits per heavy atom. The van der Waals surface area contributed by atoms with Gasteiger partial charge in [0.05, 0.1) is 5.75 Å². The van der Waals surface area contributed by atoms with Crippen LogP contribution in [0.3, 0.4) is 0 Å². The maximum absolute atomic E-state index is 13.7. The Labute approximate surface area is 206 Å². The number of aliphatic hydroxyl groups is 1. The Bertz CT molecular complexity index is 941. The van der Waals surface area contributed by atoms with E-state index in [-0.39, 0.29) is 52.7 Å². The van der Waals surface area contributed by atoms with Gasteiger partial charge in [-0.05, 0) is 68.3 Å². The number of ketones is 3. The van der Waals surface area contributed by atoms with E-state index in [4.69, 9.17) is 12.2 Å². The van der Waals surface area contributed by atoms with Gasteiger partial charge in [-0.15, -0.1) is 0 Å². The second kappa shape index (κ2) is 8.27. The maximum atomic E-state index is 13.7. The van der Waals surface area contributed by atoms with Gasteiger partial charge >= 0.3 is 0 Å². The van der Waals surface area contributed by atoms with Crippen molar-refractivity contribution in [2.24, 2.45) is 28.6 Å². The second-order valence-electron chi connectivity index (χ2n) is 11.5. The van der Waals surface area contributed by atoms with Crippen LogP contribution in [0, 0.1) is 28.6 Å². The predicted molar refractivity (Wildman–Crippen MR) is 133 cm³/mol. The Morgan fingerprint density at radius 2 is 1.91 bits per heavy atom. The van der Waals surface area contributed by atoms with E-state index in [1.807, 2.05) is 6.92 Å². The third-order valence-corrected chi connectivity index (χ3v) is 11.5. The second-order valence-corrected chi connectivity index (χ2v) is 13.1. The third-order valence-electron chi connectivity index (χ3n) is 9.96. The summed E-state index contributed by atoms with van der Waals surface area (Å²) < 4.78 is 0.746. The average Bonchev–Trinajstić information content (AvgIpc) is 3.39. The van der Waals surface area contributed by atoms with Crippen molar-refractivity contribution in [2.45, 2.75) is 77.2 Å². The van der Waals surface area contributed by atoms with Gasteiger partial charge in [0.15, 0.2) is 11.6 Å². The fourth-order valence-electron chi connectivity index (χ4n) is 8.08. The molecule has 5 aliphatic rings. The lowest BCUT2D eigenvalue weighted by Gasteiger charge is -2.57. The van der Waals surface area contributed by atoms with Gasteiger partial charge in [0.1, 0.15) is 15.7 Å². The number of Topliss-reactive ketones (excluding diaryl/α,β-unsaturated/α-hetero) is 2. The number of thioether (sulfide) groups is 1. The zero-order valence-electron chi connectivity index (χ0n) is 19.7. The standard InChI is InChI=1S/C26H35NO4S2/c1-24-9-7-17(28)13-16(24)5-6-18-19-8-10-26(31,25(19,2)14-20(29)22(18)24)21(30)15-33-23(32)27-11-3-4-12-27/h13,18-19,22,31H,3-12,14-15H2,1-2H3/t18-,19+,22+,24-,25-,26-/m0/s1. The zero-order chi connectivity index (χ0) is 23.6. The largest absolute Gasteiger partial charge is 0.381 e. The summed E-state index contributed by atoms with van der Waals surface area (Å²) in [6, 6.07) is 0. The van der Waals surface area contributed by atoms with Gasteiger partial charge < -0.3 is 10.0 Å². The summed E-state index contributed by atoms with van der Waals surface area (Å²) in [5, 5.41) is 11.8. The Morgan fingerprint density at radius 1 is 1.18 bits per heavy atom. The van der Waals surface area contributed by atoms with Crippen LogP contribution in [0.5, 0.6) is 0 Å². The van der Waals surface area contributed by atoms with E-state index in [9.17, 15) is 19.5 Å². The monoisotopic (exact) mass is 489 g/mol. The van der Waals surface area contributed by atoms with E-state index in [1.165, 1.54) is 11.8 Å². The molecule has 0 bridgehead atoms. The van der Waals surface area contributed by atoms with Gasteiger partial charge in [0.2, 0.25) is 0 Å². The molecule has 4 fully saturated rings. The molecule has 0 unspecified atom stereocenters. The minimum atomic E-state index is -1.47. The number of carbonyl (C=O) groups excluding carboxylic acids is 3. The van der Waals surface area contributed by atoms with E-state index in [0.717, 1.165) is 61.5 Å². The maximum Gasteiger partial charge on any atom is 0.175 e. The lowest BCUT2D eigenvalue weighted by molar-refractivity contribution is -0.167. The van der Waals surface area contributed by atoms with Crippen LogP contribution in [0.4, 0.5) is 0 Å². The molecule has 1 heterocycles. The van der Waals surface area contributed by atoms with Crippen molar-refractivity contribution in [2.75, 3.05) is 18.8 Å². The number of hydrogen-bond donors (Lipinski definition) is 1. The van der Waals surface area contributed by atoms with Crippen LogP contribution in [0.2, 0.25) is 0 Å². The fourth-order valence-corrected chi connectivity index (χ4v) is 9.30. The van der Waals surface area contributed by atoms with Crippen molar-refractivity contribution >= 4 is 45.7 Å². The molecule has 0 aromatic heterocycles.